The first-order valence-electron chi connectivity index (χ1n) is 8.71. The van der Waals surface area contributed by atoms with Crippen molar-refractivity contribution in [2.75, 3.05) is 14.2 Å². The van der Waals surface area contributed by atoms with Crippen LogP contribution in [0.4, 0.5) is 0 Å². The molecule has 29 heavy (non-hydrogen) atoms. The van der Waals surface area contributed by atoms with E-state index in [0.717, 1.165) is 5.56 Å². The highest BCUT2D eigenvalue weighted by atomic mass is 35.5. The summed E-state index contributed by atoms with van der Waals surface area (Å²) >= 11 is 6.03. The molecule has 7 nitrogen and oxygen atoms in total. The minimum atomic E-state index is -0.557. The van der Waals surface area contributed by atoms with Crippen LogP contribution < -0.4 is 19.9 Å². The molecule has 4 rings (SSSR count). The average molecular weight is 409 g/mol. The summed E-state index contributed by atoms with van der Waals surface area (Å²) in [5.74, 6) is 0.811. The van der Waals surface area contributed by atoms with E-state index in [2.05, 4.69) is 16.3 Å². The zero-order valence-corrected chi connectivity index (χ0v) is 16.4. The first-order chi connectivity index (χ1) is 14.1. The van der Waals surface area contributed by atoms with Crippen molar-refractivity contribution in [2.45, 2.75) is 5.92 Å². The van der Waals surface area contributed by atoms with Crippen molar-refractivity contribution in [3.63, 3.8) is 0 Å². The summed E-state index contributed by atoms with van der Waals surface area (Å²) in [6.45, 7) is 0. The lowest BCUT2D eigenvalue weighted by atomic mass is 9.82. The highest BCUT2D eigenvalue weighted by Crippen LogP contribution is 2.49. The molecule has 1 aromatic heterocycles. The van der Waals surface area contributed by atoms with Crippen molar-refractivity contribution in [3.05, 3.63) is 70.1 Å². The smallest absolute Gasteiger partial charge is 0.244 e. The Labute approximate surface area is 172 Å². The maximum atomic E-state index is 9.86. The number of allylic oxidation sites excluding steroid dienone is 1. The zero-order chi connectivity index (χ0) is 20.5. The van der Waals surface area contributed by atoms with E-state index in [1.165, 1.54) is 0 Å². The van der Waals surface area contributed by atoms with Crippen LogP contribution in [0.15, 0.2) is 53.9 Å². The summed E-state index contributed by atoms with van der Waals surface area (Å²) in [6, 6.07) is 15.0. The fraction of sp³-hybridized carbons (Fsp3) is 0.143. The fourth-order valence-electron chi connectivity index (χ4n) is 3.53. The van der Waals surface area contributed by atoms with Crippen LogP contribution in [0, 0.1) is 11.3 Å². The van der Waals surface area contributed by atoms with Gasteiger partial charge >= 0.3 is 0 Å². The van der Waals surface area contributed by atoms with Crippen LogP contribution in [-0.2, 0) is 0 Å². The van der Waals surface area contributed by atoms with Crippen LogP contribution in [0.25, 0.3) is 11.3 Å². The van der Waals surface area contributed by atoms with Crippen LogP contribution in [0.5, 0.6) is 17.4 Å². The molecule has 0 radical (unpaired) electrons. The van der Waals surface area contributed by atoms with Gasteiger partial charge in [0, 0.05) is 16.1 Å². The van der Waals surface area contributed by atoms with Crippen LogP contribution >= 0.6 is 11.6 Å². The van der Waals surface area contributed by atoms with E-state index in [1.807, 2.05) is 24.3 Å². The van der Waals surface area contributed by atoms with E-state index >= 15 is 0 Å². The van der Waals surface area contributed by atoms with Crippen molar-refractivity contribution >= 4 is 11.6 Å². The largest absolute Gasteiger partial charge is 0.493 e. The monoisotopic (exact) mass is 408 g/mol. The molecule has 0 spiro atoms. The molecule has 0 fully saturated rings. The minimum absolute atomic E-state index is 0.00373. The standard InChI is InChI=1S/C21H17ClN4O3/c1-27-15-5-3-4-13(19(15)28-2)16-14(10-23)20(24)29-21-17(16)18(25-26-21)11-6-8-12(22)9-7-11/h3-9,16H,24H2,1-2H3,(H,25,26)/t16-/m1/s1. The molecule has 0 saturated carbocycles. The molecule has 1 aliphatic rings. The first kappa shape index (κ1) is 18.7. The molecule has 0 bridgehead atoms. The molecule has 0 aliphatic carbocycles. The molecule has 2 heterocycles. The third-order valence-electron chi connectivity index (χ3n) is 4.82. The van der Waals surface area contributed by atoms with Gasteiger partial charge in [0.15, 0.2) is 11.5 Å². The van der Waals surface area contributed by atoms with Crippen LogP contribution in [0.2, 0.25) is 5.02 Å². The molecule has 146 valence electrons. The normalized spacial score (nSPS) is 15.3. The predicted molar refractivity (Wildman–Crippen MR) is 108 cm³/mol. The van der Waals surface area contributed by atoms with Crippen LogP contribution in [0.1, 0.15) is 17.0 Å². The van der Waals surface area contributed by atoms with Gasteiger partial charge in [-0.1, -0.05) is 35.9 Å². The Bertz CT molecular complexity index is 1150. The van der Waals surface area contributed by atoms with Crippen LogP contribution in [-0.4, -0.2) is 24.4 Å². The van der Waals surface area contributed by atoms with Crippen LogP contribution in [0.3, 0.4) is 0 Å². The predicted octanol–water partition coefficient (Wildman–Crippen LogP) is 3.97. The van der Waals surface area contributed by atoms with E-state index in [0.29, 0.717) is 39.2 Å². The van der Waals surface area contributed by atoms with Crippen molar-refractivity contribution in [1.82, 2.24) is 10.2 Å². The molecule has 1 atom stereocenters. The second-order valence-electron chi connectivity index (χ2n) is 6.33. The van der Waals surface area contributed by atoms with Gasteiger partial charge < -0.3 is 19.9 Å². The van der Waals surface area contributed by atoms with E-state index < -0.39 is 5.92 Å². The summed E-state index contributed by atoms with van der Waals surface area (Å²) in [5.41, 5.74) is 9.26. The zero-order valence-electron chi connectivity index (χ0n) is 15.7. The Kier molecular flexibility index (Phi) is 4.79. The topological polar surface area (TPSA) is 106 Å². The van der Waals surface area contributed by atoms with Crippen molar-refractivity contribution in [2.24, 2.45) is 5.73 Å². The maximum Gasteiger partial charge on any atom is 0.244 e. The lowest BCUT2D eigenvalue weighted by Crippen LogP contribution is -2.21. The maximum absolute atomic E-state index is 9.86. The molecular formula is C21H17ClN4O3. The number of para-hydroxylation sites is 1. The van der Waals surface area contributed by atoms with E-state index in [4.69, 9.17) is 31.5 Å². The second-order valence-corrected chi connectivity index (χ2v) is 6.77. The molecule has 2 aromatic carbocycles. The summed E-state index contributed by atoms with van der Waals surface area (Å²) < 4.78 is 16.7. The molecule has 0 saturated heterocycles. The summed E-state index contributed by atoms with van der Waals surface area (Å²) in [4.78, 5) is 0. The molecule has 0 unspecified atom stereocenters. The molecule has 3 N–H and O–H groups in total. The number of nitrogens with zero attached hydrogens (tertiary/aromatic N) is 2. The summed E-state index contributed by atoms with van der Waals surface area (Å²) in [5, 5.41) is 17.7. The highest BCUT2D eigenvalue weighted by molar-refractivity contribution is 6.30. The number of aromatic amines is 1. The number of aromatic nitrogens is 2. The van der Waals surface area contributed by atoms with Crippen molar-refractivity contribution < 1.29 is 14.2 Å². The van der Waals surface area contributed by atoms with E-state index in [-0.39, 0.29) is 11.5 Å². The molecule has 3 aromatic rings. The number of rotatable bonds is 4. The molecule has 8 heteroatoms. The van der Waals surface area contributed by atoms with Crippen molar-refractivity contribution in [1.29, 1.82) is 5.26 Å². The number of nitrogens with two attached hydrogens (primary N) is 1. The van der Waals surface area contributed by atoms with Gasteiger partial charge in [-0.15, -0.1) is 5.10 Å². The van der Waals surface area contributed by atoms with Gasteiger partial charge in [0.05, 0.1) is 31.4 Å². The van der Waals surface area contributed by atoms with E-state index in [1.54, 1.807) is 32.4 Å². The van der Waals surface area contributed by atoms with Gasteiger partial charge in [0.25, 0.3) is 0 Å². The lowest BCUT2D eigenvalue weighted by molar-refractivity contribution is 0.348. The first-order valence-corrected chi connectivity index (χ1v) is 9.09. The lowest BCUT2D eigenvalue weighted by Gasteiger charge is -2.26. The van der Waals surface area contributed by atoms with Gasteiger partial charge in [-0.25, -0.2) is 0 Å². The Morgan fingerprint density at radius 1 is 1.17 bits per heavy atom. The SMILES string of the molecule is COc1cccc([C@@H]2C(C#N)=C(N)Oc3n[nH]c(-c4ccc(Cl)cc4)c32)c1OC. The number of benzene rings is 2. The number of halogens is 1. The van der Waals surface area contributed by atoms with Gasteiger partial charge in [-0.3, -0.25) is 5.10 Å². The number of hydrogen-bond acceptors (Lipinski definition) is 6. The van der Waals surface area contributed by atoms with Crippen molar-refractivity contribution in [3.8, 4) is 34.7 Å². The summed E-state index contributed by atoms with van der Waals surface area (Å²) in [7, 11) is 3.11. The van der Waals surface area contributed by atoms with E-state index in [9.17, 15) is 5.26 Å². The third kappa shape index (κ3) is 3.04. The number of nitrogens with one attached hydrogen (secondary N) is 1. The highest BCUT2D eigenvalue weighted by Gasteiger charge is 2.37. The van der Waals surface area contributed by atoms with Gasteiger partial charge in [0.1, 0.15) is 11.6 Å². The molecular weight excluding hydrogens is 392 g/mol. The number of nitriles is 1. The average Bonchev–Trinajstić information content (AvgIpc) is 3.15. The fourth-order valence-corrected chi connectivity index (χ4v) is 3.66. The Morgan fingerprint density at radius 2 is 1.93 bits per heavy atom. The molecule has 1 aliphatic heterocycles. The van der Waals surface area contributed by atoms with Gasteiger partial charge in [-0.05, 0) is 18.2 Å². The Hall–Kier alpha value is -3.63. The number of ether oxygens (including phenoxy) is 3. The second kappa shape index (κ2) is 7.41. The minimum Gasteiger partial charge on any atom is -0.493 e. The third-order valence-corrected chi connectivity index (χ3v) is 5.07. The quantitative estimate of drug-likeness (QED) is 0.676. The number of methoxy groups -OCH3 is 2. The Balaban J connectivity index is 1.99. The number of hydrogen-bond donors (Lipinski definition) is 2. The Morgan fingerprint density at radius 3 is 2.59 bits per heavy atom. The van der Waals surface area contributed by atoms with Gasteiger partial charge in [0.2, 0.25) is 11.8 Å². The van der Waals surface area contributed by atoms with Gasteiger partial charge in [-0.2, -0.15) is 5.26 Å². The molecule has 0 amide bonds. The number of H-pyrrole nitrogens is 1. The number of fused-ring (bicyclic) bond motifs is 1. The summed E-state index contributed by atoms with van der Waals surface area (Å²) in [6.07, 6.45) is 0.